The first kappa shape index (κ1) is 15.9. The fourth-order valence-corrected chi connectivity index (χ4v) is 2.63. The zero-order valence-electron chi connectivity index (χ0n) is 12.6. The van der Waals surface area contributed by atoms with Crippen molar-refractivity contribution >= 4 is 0 Å². The van der Waals surface area contributed by atoms with Gasteiger partial charge in [-0.25, -0.2) is 0 Å². The Balaban J connectivity index is 1.94. The van der Waals surface area contributed by atoms with Crippen molar-refractivity contribution in [3.05, 3.63) is 0 Å². The maximum atomic E-state index is 5.63. The summed E-state index contributed by atoms with van der Waals surface area (Å²) in [6.45, 7) is 12.5. The summed E-state index contributed by atoms with van der Waals surface area (Å²) in [5.41, 5.74) is 0. The van der Waals surface area contributed by atoms with Gasteiger partial charge in [-0.2, -0.15) is 0 Å². The molecular formula is C15H32N2O. The SMILES string of the molecule is CCN(CC)CCCC(C)NCCC1CCCO1. The van der Waals surface area contributed by atoms with Crippen molar-refractivity contribution in [2.24, 2.45) is 0 Å². The molecule has 3 nitrogen and oxygen atoms in total. The van der Waals surface area contributed by atoms with Gasteiger partial charge in [0.05, 0.1) is 6.10 Å². The van der Waals surface area contributed by atoms with Crippen molar-refractivity contribution in [2.75, 3.05) is 32.8 Å². The minimum absolute atomic E-state index is 0.528. The van der Waals surface area contributed by atoms with E-state index >= 15 is 0 Å². The fraction of sp³-hybridized carbons (Fsp3) is 1.00. The number of hydrogen-bond donors (Lipinski definition) is 1. The molecule has 0 saturated carbocycles. The van der Waals surface area contributed by atoms with Crippen LogP contribution >= 0.6 is 0 Å². The van der Waals surface area contributed by atoms with Crippen LogP contribution in [0.4, 0.5) is 0 Å². The maximum absolute atomic E-state index is 5.63. The van der Waals surface area contributed by atoms with Crippen LogP contribution in [0.25, 0.3) is 0 Å². The molecule has 1 aliphatic heterocycles. The van der Waals surface area contributed by atoms with E-state index in [1.54, 1.807) is 0 Å². The number of ether oxygens (including phenoxy) is 1. The van der Waals surface area contributed by atoms with Crippen LogP contribution < -0.4 is 5.32 Å². The molecule has 0 aromatic carbocycles. The maximum Gasteiger partial charge on any atom is 0.0588 e. The van der Waals surface area contributed by atoms with Gasteiger partial charge in [0.2, 0.25) is 0 Å². The van der Waals surface area contributed by atoms with E-state index < -0.39 is 0 Å². The summed E-state index contributed by atoms with van der Waals surface area (Å²) in [7, 11) is 0. The molecule has 2 unspecified atom stereocenters. The number of nitrogens with zero attached hydrogens (tertiary/aromatic N) is 1. The van der Waals surface area contributed by atoms with E-state index in [0.29, 0.717) is 12.1 Å². The lowest BCUT2D eigenvalue weighted by Crippen LogP contribution is -2.31. The van der Waals surface area contributed by atoms with E-state index in [2.05, 4.69) is 31.0 Å². The Morgan fingerprint density at radius 3 is 2.72 bits per heavy atom. The molecular weight excluding hydrogens is 224 g/mol. The molecule has 0 aromatic rings. The van der Waals surface area contributed by atoms with E-state index in [0.717, 1.165) is 13.2 Å². The Bertz CT molecular complexity index is 181. The highest BCUT2D eigenvalue weighted by Crippen LogP contribution is 2.14. The van der Waals surface area contributed by atoms with Gasteiger partial charge < -0.3 is 15.0 Å². The molecule has 0 aromatic heterocycles. The Morgan fingerprint density at radius 1 is 1.33 bits per heavy atom. The Kier molecular flexibility index (Phi) is 8.64. The topological polar surface area (TPSA) is 24.5 Å². The van der Waals surface area contributed by atoms with E-state index in [9.17, 15) is 0 Å². The molecule has 1 heterocycles. The molecule has 0 radical (unpaired) electrons. The van der Waals surface area contributed by atoms with Crippen LogP contribution in [0.1, 0.15) is 52.9 Å². The summed E-state index contributed by atoms with van der Waals surface area (Å²) >= 11 is 0. The first-order valence-corrected chi connectivity index (χ1v) is 7.83. The van der Waals surface area contributed by atoms with Crippen molar-refractivity contribution < 1.29 is 4.74 Å². The van der Waals surface area contributed by atoms with Gasteiger partial charge in [0.1, 0.15) is 0 Å². The van der Waals surface area contributed by atoms with Crippen LogP contribution in [0.3, 0.4) is 0 Å². The highest BCUT2D eigenvalue weighted by molar-refractivity contribution is 4.68. The van der Waals surface area contributed by atoms with Crippen LogP contribution in [0, 0.1) is 0 Å². The highest BCUT2D eigenvalue weighted by atomic mass is 16.5. The van der Waals surface area contributed by atoms with Gasteiger partial charge in [0.25, 0.3) is 0 Å². The molecule has 18 heavy (non-hydrogen) atoms. The van der Waals surface area contributed by atoms with Crippen molar-refractivity contribution in [3.63, 3.8) is 0 Å². The lowest BCUT2D eigenvalue weighted by Gasteiger charge is -2.20. The molecule has 108 valence electrons. The summed E-state index contributed by atoms with van der Waals surface area (Å²) in [5.74, 6) is 0. The smallest absolute Gasteiger partial charge is 0.0588 e. The third kappa shape index (κ3) is 6.72. The molecule has 0 spiro atoms. The third-order valence-corrected chi connectivity index (χ3v) is 3.99. The standard InChI is InChI=1S/C15H32N2O/c1-4-17(5-2)12-6-8-14(3)16-11-10-15-9-7-13-18-15/h14-16H,4-13H2,1-3H3. The molecule has 3 heteroatoms. The van der Waals surface area contributed by atoms with Crippen LogP contribution in [0.5, 0.6) is 0 Å². The van der Waals surface area contributed by atoms with Gasteiger partial charge in [0, 0.05) is 12.6 Å². The highest BCUT2D eigenvalue weighted by Gasteiger charge is 2.14. The number of rotatable bonds is 10. The van der Waals surface area contributed by atoms with Crippen LogP contribution in [-0.4, -0.2) is 49.8 Å². The second-order valence-corrected chi connectivity index (χ2v) is 5.45. The predicted molar refractivity (Wildman–Crippen MR) is 78.1 cm³/mol. The first-order chi connectivity index (χ1) is 8.76. The van der Waals surface area contributed by atoms with Gasteiger partial charge in [-0.05, 0) is 65.2 Å². The van der Waals surface area contributed by atoms with Crippen LogP contribution in [0.2, 0.25) is 0 Å². The van der Waals surface area contributed by atoms with Gasteiger partial charge in [-0.1, -0.05) is 13.8 Å². The van der Waals surface area contributed by atoms with Gasteiger partial charge >= 0.3 is 0 Å². The molecule has 0 aliphatic carbocycles. The second-order valence-electron chi connectivity index (χ2n) is 5.45. The first-order valence-electron chi connectivity index (χ1n) is 7.83. The molecule has 1 fully saturated rings. The normalized spacial score (nSPS) is 21.7. The largest absolute Gasteiger partial charge is 0.378 e. The Labute approximate surface area is 113 Å². The molecule has 1 rings (SSSR count). The zero-order valence-corrected chi connectivity index (χ0v) is 12.6. The minimum atomic E-state index is 0.528. The van der Waals surface area contributed by atoms with Crippen molar-refractivity contribution in [1.82, 2.24) is 10.2 Å². The molecule has 1 saturated heterocycles. The summed E-state index contributed by atoms with van der Waals surface area (Å²) in [5, 5.41) is 3.62. The predicted octanol–water partition coefficient (Wildman–Crippen LogP) is 2.66. The average molecular weight is 256 g/mol. The summed E-state index contributed by atoms with van der Waals surface area (Å²) < 4.78 is 5.63. The molecule has 0 amide bonds. The van der Waals surface area contributed by atoms with E-state index in [-0.39, 0.29) is 0 Å². The van der Waals surface area contributed by atoms with Gasteiger partial charge in [-0.15, -0.1) is 0 Å². The third-order valence-electron chi connectivity index (χ3n) is 3.99. The van der Waals surface area contributed by atoms with Crippen LogP contribution in [-0.2, 0) is 4.74 Å². The quantitative estimate of drug-likeness (QED) is 0.650. The Hall–Kier alpha value is -0.120. The van der Waals surface area contributed by atoms with Crippen molar-refractivity contribution in [1.29, 1.82) is 0 Å². The monoisotopic (exact) mass is 256 g/mol. The minimum Gasteiger partial charge on any atom is -0.378 e. The average Bonchev–Trinajstić information content (AvgIpc) is 2.88. The van der Waals surface area contributed by atoms with Crippen LogP contribution in [0.15, 0.2) is 0 Å². The van der Waals surface area contributed by atoms with Gasteiger partial charge in [0.15, 0.2) is 0 Å². The lowest BCUT2D eigenvalue weighted by atomic mass is 10.1. The molecule has 1 N–H and O–H groups in total. The van der Waals surface area contributed by atoms with E-state index in [1.807, 2.05) is 0 Å². The fourth-order valence-electron chi connectivity index (χ4n) is 2.63. The van der Waals surface area contributed by atoms with E-state index in [1.165, 1.54) is 51.7 Å². The number of hydrogen-bond acceptors (Lipinski definition) is 3. The second kappa shape index (κ2) is 9.76. The summed E-state index contributed by atoms with van der Waals surface area (Å²) in [6.07, 6.45) is 6.81. The zero-order chi connectivity index (χ0) is 13.2. The summed E-state index contributed by atoms with van der Waals surface area (Å²) in [6, 6.07) is 0.641. The molecule has 1 aliphatic rings. The van der Waals surface area contributed by atoms with Crippen molar-refractivity contribution in [3.8, 4) is 0 Å². The number of nitrogens with one attached hydrogen (secondary N) is 1. The molecule has 2 atom stereocenters. The van der Waals surface area contributed by atoms with E-state index in [4.69, 9.17) is 4.74 Å². The van der Waals surface area contributed by atoms with Crippen molar-refractivity contribution in [2.45, 2.75) is 65.0 Å². The Morgan fingerprint density at radius 2 is 2.11 bits per heavy atom. The lowest BCUT2D eigenvalue weighted by molar-refractivity contribution is 0.103. The summed E-state index contributed by atoms with van der Waals surface area (Å²) in [4.78, 5) is 2.50. The molecule has 0 bridgehead atoms. The van der Waals surface area contributed by atoms with Gasteiger partial charge in [-0.3, -0.25) is 0 Å².